The van der Waals surface area contributed by atoms with E-state index < -0.39 is 0 Å². The van der Waals surface area contributed by atoms with Crippen molar-refractivity contribution in [1.29, 1.82) is 0 Å². The second-order valence-electron chi connectivity index (χ2n) is 3.80. The number of aliphatic hydroxyl groups is 1. The van der Waals surface area contributed by atoms with Crippen LogP contribution in [0.4, 0.5) is 0 Å². The molecule has 1 aliphatic heterocycles. The van der Waals surface area contributed by atoms with Gasteiger partial charge in [-0.15, -0.1) is 0 Å². The second kappa shape index (κ2) is 5.32. The van der Waals surface area contributed by atoms with E-state index in [0.29, 0.717) is 19.6 Å². The summed E-state index contributed by atoms with van der Waals surface area (Å²) in [5.41, 5.74) is 0. The van der Waals surface area contributed by atoms with Crippen molar-refractivity contribution in [3.8, 4) is 0 Å². The molecule has 1 aliphatic rings. The maximum atomic E-state index is 11.2. The van der Waals surface area contributed by atoms with Gasteiger partial charge in [-0.05, 0) is 20.3 Å². The van der Waals surface area contributed by atoms with Gasteiger partial charge in [-0.3, -0.25) is 9.69 Å². The van der Waals surface area contributed by atoms with E-state index in [0.717, 1.165) is 13.0 Å². The minimum Gasteiger partial charge on any atom is -0.466 e. The van der Waals surface area contributed by atoms with Crippen LogP contribution in [-0.4, -0.2) is 47.8 Å². The molecule has 4 nitrogen and oxygen atoms in total. The number of esters is 1. The van der Waals surface area contributed by atoms with Crippen molar-refractivity contribution in [1.82, 2.24) is 4.90 Å². The Kier molecular flexibility index (Phi) is 4.35. The van der Waals surface area contributed by atoms with Crippen molar-refractivity contribution in [2.24, 2.45) is 0 Å². The Bertz CT molecular complexity index is 196. The average Bonchev–Trinajstić information content (AvgIpc) is 2.52. The molecular formula is C10H19NO3. The van der Waals surface area contributed by atoms with Crippen LogP contribution in [0.2, 0.25) is 0 Å². The van der Waals surface area contributed by atoms with Crippen LogP contribution >= 0.6 is 0 Å². The molecule has 1 saturated heterocycles. The number of likely N-dealkylation sites (tertiary alicyclic amines) is 1. The van der Waals surface area contributed by atoms with E-state index >= 15 is 0 Å². The first-order chi connectivity index (χ1) is 6.63. The monoisotopic (exact) mass is 201 g/mol. The molecule has 0 aromatic heterocycles. The highest BCUT2D eigenvalue weighted by atomic mass is 16.5. The molecule has 1 unspecified atom stereocenters. The summed E-state index contributed by atoms with van der Waals surface area (Å²) in [7, 11) is 0. The highest BCUT2D eigenvalue weighted by Gasteiger charge is 2.25. The third-order valence-corrected chi connectivity index (χ3v) is 2.59. The molecule has 0 saturated carbocycles. The van der Waals surface area contributed by atoms with E-state index in [1.54, 1.807) is 0 Å². The fraction of sp³-hybridized carbons (Fsp3) is 0.900. The zero-order valence-electron chi connectivity index (χ0n) is 8.90. The third-order valence-electron chi connectivity index (χ3n) is 2.59. The molecule has 2 atom stereocenters. The lowest BCUT2D eigenvalue weighted by Gasteiger charge is -2.22. The number of ether oxygens (including phenoxy) is 1. The molecule has 1 N–H and O–H groups in total. The van der Waals surface area contributed by atoms with Gasteiger partial charge >= 0.3 is 5.97 Å². The van der Waals surface area contributed by atoms with E-state index in [2.05, 4.69) is 4.90 Å². The summed E-state index contributed by atoms with van der Waals surface area (Å²) >= 11 is 0. The molecule has 1 rings (SSSR count). The topological polar surface area (TPSA) is 49.8 Å². The normalized spacial score (nSPS) is 24.9. The Labute approximate surface area is 84.8 Å². The number of carbonyl (C=O) groups is 1. The lowest BCUT2D eigenvalue weighted by atomic mass is 10.2. The SMILES string of the molecule is CCOC(=O)CC(C)N1CC[C@H](O)C1. The standard InChI is InChI=1S/C10H19NO3/c1-3-14-10(13)6-8(2)11-5-4-9(12)7-11/h8-9,12H,3-7H2,1-2H3/t8?,9-/m0/s1. The van der Waals surface area contributed by atoms with Crippen LogP contribution in [0.15, 0.2) is 0 Å². The Balaban J connectivity index is 2.27. The van der Waals surface area contributed by atoms with Crippen LogP contribution < -0.4 is 0 Å². The third kappa shape index (κ3) is 3.27. The number of carbonyl (C=O) groups excluding carboxylic acids is 1. The van der Waals surface area contributed by atoms with Crippen molar-refractivity contribution in [2.75, 3.05) is 19.7 Å². The summed E-state index contributed by atoms with van der Waals surface area (Å²) in [6, 6.07) is 0.172. The van der Waals surface area contributed by atoms with Gasteiger partial charge in [-0.1, -0.05) is 0 Å². The fourth-order valence-electron chi connectivity index (χ4n) is 1.76. The van der Waals surface area contributed by atoms with E-state index in [-0.39, 0.29) is 18.1 Å². The molecule has 0 amide bonds. The lowest BCUT2D eigenvalue weighted by Crippen LogP contribution is -2.33. The first-order valence-electron chi connectivity index (χ1n) is 5.21. The number of hydrogen-bond acceptors (Lipinski definition) is 4. The number of hydrogen-bond donors (Lipinski definition) is 1. The van der Waals surface area contributed by atoms with E-state index in [1.807, 2.05) is 13.8 Å². The minimum absolute atomic E-state index is 0.151. The summed E-state index contributed by atoms with van der Waals surface area (Å²) in [6.45, 7) is 5.80. The maximum absolute atomic E-state index is 11.2. The summed E-state index contributed by atoms with van der Waals surface area (Å²) in [4.78, 5) is 13.3. The van der Waals surface area contributed by atoms with Crippen LogP contribution in [0.3, 0.4) is 0 Å². The van der Waals surface area contributed by atoms with Gasteiger partial charge in [0.25, 0.3) is 0 Å². The molecule has 0 aliphatic carbocycles. The lowest BCUT2D eigenvalue weighted by molar-refractivity contribution is -0.144. The zero-order valence-corrected chi connectivity index (χ0v) is 8.90. The molecule has 82 valence electrons. The smallest absolute Gasteiger partial charge is 0.307 e. The molecule has 1 fully saturated rings. The Morgan fingerprint density at radius 1 is 1.71 bits per heavy atom. The van der Waals surface area contributed by atoms with Gasteiger partial charge in [0.15, 0.2) is 0 Å². The van der Waals surface area contributed by atoms with Crippen LogP contribution in [0, 0.1) is 0 Å². The second-order valence-corrected chi connectivity index (χ2v) is 3.80. The molecule has 14 heavy (non-hydrogen) atoms. The molecular weight excluding hydrogens is 182 g/mol. The molecule has 0 spiro atoms. The maximum Gasteiger partial charge on any atom is 0.307 e. The Hall–Kier alpha value is -0.610. The largest absolute Gasteiger partial charge is 0.466 e. The predicted molar refractivity (Wildman–Crippen MR) is 52.9 cm³/mol. The van der Waals surface area contributed by atoms with Crippen molar-refractivity contribution < 1.29 is 14.6 Å². The molecule has 0 aromatic carbocycles. The summed E-state index contributed by atoms with van der Waals surface area (Å²) in [6.07, 6.45) is 1.01. The first-order valence-corrected chi connectivity index (χ1v) is 5.21. The number of aliphatic hydroxyl groups excluding tert-OH is 1. The van der Waals surface area contributed by atoms with Crippen molar-refractivity contribution in [3.63, 3.8) is 0 Å². The van der Waals surface area contributed by atoms with E-state index in [9.17, 15) is 9.90 Å². The summed E-state index contributed by atoms with van der Waals surface area (Å²) in [5, 5.41) is 9.33. The van der Waals surface area contributed by atoms with Crippen LogP contribution in [0.25, 0.3) is 0 Å². The van der Waals surface area contributed by atoms with Gasteiger partial charge in [0.2, 0.25) is 0 Å². The minimum atomic E-state index is -0.223. The molecule has 0 aromatic rings. The molecule has 0 radical (unpaired) electrons. The van der Waals surface area contributed by atoms with Crippen LogP contribution in [-0.2, 0) is 9.53 Å². The zero-order chi connectivity index (χ0) is 10.6. The summed E-state index contributed by atoms with van der Waals surface area (Å²) < 4.78 is 4.87. The van der Waals surface area contributed by atoms with Crippen LogP contribution in [0.1, 0.15) is 26.7 Å². The molecule has 1 heterocycles. The van der Waals surface area contributed by atoms with Gasteiger partial charge in [-0.2, -0.15) is 0 Å². The Morgan fingerprint density at radius 3 is 2.93 bits per heavy atom. The molecule has 0 bridgehead atoms. The van der Waals surface area contributed by atoms with Gasteiger partial charge < -0.3 is 9.84 Å². The van der Waals surface area contributed by atoms with Gasteiger partial charge in [0, 0.05) is 19.1 Å². The van der Waals surface area contributed by atoms with Crippen molar-refractivity contribution >= 4 is 5.97 Å². The average molecular weight is 201 g/mol. The van der Waals surface area contributed by atoms with E-state index in [4.69, 9.17) is 4.74 Å². The highest BCUT2D eigenvalue weighted by Crippen LogP contribution is 2.14. The quantitative estimate of drug-likeness (QED) is 0.669. The number of rotatable bonds is 4. The van der Waals surface area contributed by atoms with Crippen molar-refractivity contribution in [3.05, 3.63) is 0 Å². The molecule has 4 heteroatoms. The number of nitrogens with zero attached hydrogens (tertiary/aromatic N) is 1. The fourth-order valence-corrected chi connectivity index (χ4v) is 1.76. The van der Waals surface area contributed by atoms with Gasteiger partial charge in [-0.25, -0.2) is 0 Å². The predicted octanol–water partition coefficient (Wildman–Crippen LogP) is 0.395. The van der Waals surface area contributed by atoms with E-state index in [1.165, 1.54) is 0 Å². The van der Waals surface area contributed by atoms with Crippen molar-refractivity contribution in [2.45, 2.75) is 38.8 Å². The highest BCUT2D eigenvalue weighted by molar-refractivity contribution is 5.70. The van der Waals surface area contributed by atoms with Crippen LogP contribution in [0.5, 0.6) is 0 Å². The number of β-amino-alcohol motifs (C(OH)–C–C–N with tert-alkyl or cyclic N) is 1. The summed E-state index contributed by atoms with van der Waals surface area (Å²) in [5.74, 6) is -0.151. The van der Waals surface area contributed by atoms with Gasteiger partial charge in [0.1, 0.15) is 0 Å². The Morgan fingerprint density at radius 2 is 2.43 bits per heavy atom. The first kappa shape index (κ1) is 11.5. The van der Waals surface area contributed by atoms with Gasteiger partial charge in [0.05, 0.1) is 19.1 Å².